The molecule has 0 saturated heterocycles. The zero-order valence-electron chi connectivity index (χ0n) is 16.4. The fourth-order valence-electron chi connectivity index (χ4n) is 2.37. The minimum absolute atomic E-state index is 0.0787. The van der Waals surface area contributed by atoms with Gasteiger partial charge in [0.1, 0.15) is 0 Å². The van der Waals surface area contributed by atoms with Crippen LogP contribution < -0.4 is 10.0 Å². The van der Waals surface area contributed by atoms with E-state index in [9.17, 15) is 18.0 Å². The molecular formula is C20H24N2O6S. The Hall–Kier alpha value is -2.75. The van der Waals surface area contributed by atoms with Crippen molar-refractivity contribution in [2.45, 2.75) is 44.4 Å². The lowest BCUT2D eigenvalue weighted by atomic mass is 10.1. The van der Waals surface area contributed by atoms with Gasteiger partial charge in [0.2, 0.25) is 10.0 Å². The van der Waals surface area contributed by atoms with Gasteiger partial charge in [0.05, 0.1) is 17.1 Å². The van der Waals surface area contributed by atoms with Crippen molar-refractivity contribution in [1.29, 1.82) is 0 Å². The number of nitrogens with one attached hydrogen (secondary N) is 2. The average Bonchev–Trinajstić information content (AvgIpc) is 2.67. The molecule has 0 aliphatic heterocycles. The largest absolute Gasteiger partial charge is 0.449 e. The number of carbonyl (C=O) groups is 2. The maximum Gasteiger partial charge on any atom is 0.338 e. The number of benzene rings is 2. The molecule has 0 radical (unpaired) electrons. The van der Waals surface area contributed by atoms with Crippen molar-refractivity contribution in [3.8, 4) is 0 Å². The molecule has 0 aliphatic carbocycles. The second kappa shape index (κ2) is 9.64. The number of ether oxygens (including phenoxy) is 1. The van der Waals surface area contributed by atoms with E-state index in [1.54, 1.807) is 26.0 Å². The van der Waals surface area contributed by atoms with Crippen LogP contribution in [0.2, 0.25) is 0 Å². The monoisotopic (exact) mass is 420 g/mol. The Labute approximate surface area is 169 Å². The highest BCUT2D eigenvalue weighted by molar-refractivity contribution is 7.89. The average molecular weight is 420 g/mol. The summed E-state index contributed by atoms with van der Waals surface area (Å²) in [4.78, 5) is 24.5. The number of carbonyl (C=O) groups excluding carboxylic acids is 2. The van der Waals surface area contributed by atoms with Crippen LogP contribution >= 0.6 is 0 Å². The summed E-state index contributed by atoms with van der Waals surface area (Å²) in [6.45, 7) is 4.73. The van der Waals surface area contributed by atoms with E-state index in [-0.39, 0.29) is 23.1 Å². The molecule has 29 heavy (non-hydrogen) atoms. The number of rotatable bonds is 8. The number of hydrogen-bond acceptors (Lipinski definition) is 6. The molecule has 0 spiro atoms. The molecule has 0 aromatic heterocycles. The first-order valence-corrected chi connectivity index (χ1v) is 10.4. The fourth-order valence-corrected chi connectivity index (χ4v) is 3.62. The highest BCUT2D eigenvalue weighted by atomic mass is 32.2. The number of anilines is 1. The van der Waals surface area contributed by atoms with E-state index in [0.29, 0.717) is 11.3 Å². The van der Waals surface area contributed by atoms with Crippen molar-refractivity contribution in [2.24, 2.45) is 0 Å². The van der Waals surface area contributed by atoms with Gasteiger partial charge in [-0.3, -0.25) is 4.79 Å². The van der Waals surface area contributed by atoms with Crippen LogP contribution in [0.1, 0.15) is 36.7 Å². The van der Waals surface area contributed by atoms with E-state index in [4.69, 9.17) is 9.84 Å². The van der Waals surface area contributed by atoms with Crippen molar-refractivity contribution in [1.82, 2.24) is 4.72 Å². The predicted octanol–water partition coefficient (Wildman–Crippen LogP) is 2.05. The Kier molecular flexibility index (Phi) is 7.49. The first-order chi connectivity index (χ1) is 13.6. The number of sulfonamides is 1. The van der Waals surface area contributed by atoms with Crippen molar-refractivity contribution >= 4 is 27.6 Å². The predicted molar refractivity (Wildman–Crippen MR) is 108 cm³/mol. The third-order valence-corrected chi connectivity index (χ3v) is 5.52. The Bertz CT molecular complexity index is 953. The van der Waals surface area contributed by atoms with Gasteiger partial charge in [-0.25, -0.2) is 17.9 Å². The van der Waals surface area contributed by atoms with E-state index >= 15 is 0 Å². The first-order valence-electron chi connectivity index (χ1n) is 8.96. The van der Waals surface area contributed by atoms with Gasteiger partial charge in [0, 0.05) is 11.7 Å². The fraction of sp³-hybridized carbons (Fsp3) is 0.300. The van der Waals surface area contributed by atoms with Gasteiger partial charge in [-0.2, -0.15) is 0 Å². The number of aliphatic hydroxyl groups is 1. The Morgan fingerprint density at radius 2 is 1.59 bits per heavy atom. The lowest BCUT2D eigenvalue weighted by Crippen LogP contribution is -2.30. The molecule has 1 atom stereocenters. The summed E-state index contributed by atoms with van der Waals surface area (Å²) in [5.74, 6) is -1.22. The number of aliphatic hydroxyl groups excluding tert-OH is 1. The maximum atomic E-state index is 12.3. The van der Waals surface area contributed by atoms with Crippen molar-refractivity contribution in [3.05, 3.63) is 59.7 Å². The molecule has 0 fully saturated rings. The lowest BCUT2D eigenvalue weighted by molar-refractivity contribution is -0.123. The molecule has 1 amide bonds. The smallest absolute Gasteiger partial charge is 0.338 e. The Morgan fingerprint density at radius 1 is 1.00 bits per heavy atom. The van der Waals surface area contributed by atoms with Crippen LogP contribution in [0.5, 0.6) is 0 Å². The normalized spacial score (nSPS) is 12.4. The van der Waals surface area contributed by atoms with Gasteiger partial charge in [-0.05, 0) is 62.7 Å². The Balaban J connectivity index is 1.97. The van der Waals surface area contributed by atoms with Crippen LogP contribution in [0.15, 0.2) is 53.4 Å². The second-order valence-corrected chi connectivity index (χ2v) is 8.41. The zero-order chi connectivity index (χ0) is 21.6. The van der Waals surface area contributed by atoms with Crippen molar-refractivity contribution in [2.75, 3.05) is 5.32 Å². The summed E-state index contributed by atoms with van der Waals surface area (Å²) in [5.41, 5.74) is 1.28. The standard InChI is InChI=1S/C20H24N2O6S/c1-13(2)22-29(26,27)18-10-8-17(9-11-18)21-19(24)14(3)28-20(25)16-6-4-15(12-23)5-7-16/h4-11,13-14,22-23H,12H2,1-3H3,(H,21,24). The van der Waals surface area contributed by atoms with Gasteiger partial charge in [0.25, 0.3) is 5.91 Å². The number of esters is 1. The van der Waals surface area contributed by atoms with E-state index in [2.05, 4.69) is 10.0 Å². The first kappa shape index (κ1) is 22.5. The molecule has 1 unspecified atom stereocenters. The maximum absolute atomic E-state index is 12.3. The van der Waals surface area contributed by atoms with Gasteiger partial charge in [0.15, 0.2) is 6.10 Å². The van der Waals surface area contributed by atoms with Crippen LogP contribution in [0.3, 0.4) is 0 Å². The van der Waals surface area contributed by atoms with E-state index in [0.717, 1.165) is 0 Å². The molecule has 3 N–H and O–H groups in total. The van der Waals surface area contributed by atoms with Crippen LogP contribution in [0, 0.1) is 0 Å². The van der Waals surface area contributed by atoms with Gasteiger partial charge < -0.3 is 15.2 Å². The summed E-state index contributed by atoms with van der Waals surface area (Å²) in [6.07, 6.45) is -1.06. The highest BCUT2D eigenvalue weighted by Crippen LogP contribution is 2.15. The third kappa shape index (κ3) is 6.38. The summed E-state index contributed by atoms with van der Waals surface area (Å²) in [5, 5.41) is 11.6. The molecule has 2 aromatic carbocycles. The minimum Gasteiger partial charge on any atom is -0.449 e. The Morgan fingerprint density at radius 3 is 2.10 bits per heavy atom. The molecule has 156 valence electrons. The summed E-state index contributed by atoms with van der Waals surface area (Å²) in [6, 6.07) is 11.6. The van der Waals surface area contributed by atoms with E-state index < -0.39 is 28.0 Å². The topological polar surface area (TPSA) is 122 Å². The zero-order valence-corrected chi connectivity index (χ0v) is 17.2. The summed E-state index contributed by atoms with van der Waals surface area (Å²) in [7, 11) is -3.62. The van der Waals surface area contributed by atoms with Crippen molar-refractivity contribution < 1.29 is 27.9 Å². The molecule has 2 aromatic rings. The lowest BCUT2D eigenvalue weighted by Gasteiger charge is -2.14. The second-order valence-electron chi connectivity index (χ2n) is 6.69. The molecule has 0 aliphatic rings. The minimum atomic E-state index is -3.62. The molecular weight excluding hydrogens is 396 g/mol. The number of hydrogen-bond donors (Lipinski definition) is 3. The molecule has 0 bridgehead atoms. The van der Waals surface area contributed by atoms with Gasteiger partial charge >= 0.3 is 5.97 Å². The van der Waals surface area contributed by atoms with Crippen LogP contribution in [-0.4, -0.2) is 37.5 Å². The third-order valence-electron chi connectivity index (χ3n) is 3.85. The highest BCUT2D eigenvalue weighted by Gasteiger charge is 2.20. The number of amides is 1. The molecule has 0 saturated carbocycles. The van der Waals surface area contributed by atoms with Gasteiger partial charge in [-0.15, -0.1) is 0 Å². The molecule has 9 heteroatoms. The van der Waals surface area contributed by atoms with E-state index in [1.807, 2.05) is 0 Å². The molecule has 8 nitrogen and oxygen atoms in total. The van der Waals surface area contributed by atoms with E-state index in [1.165, 1.54) is 43.3 Å². The van der Waals surface area contributed by atoms with Crippen molar-refractivity contribution in [3.63, 3.8) is 0 Å². The molecule has 2 rings (SSSR count). The summed E-state index contributed by atoms with van der Waals surface area (Å²) < 4.78 is 31.8. The SMILES string of the molecule is CC(C)NS(=O)(=O)c1ccc(NC(=O)C(C)OC(=O)c2ccc(CO)cc2)cc1. The summed E-state index contributed by atoms with van der Waals surface area (Å²) >= 11 is 0. The van der Waals surface area contributed by atoms with Crippen LogP contribution in [0.4, 0.5) is 5.69 Å². The van der Waals surface area contributed by atoms with Gasteiger partial charge in [-0.1, -0.05) is 12.1 Å². The van der Waals surface area contributed by atoms with Crippen LogP contribution in [-0.2, 0) is 26.2 Å². The van der Waals surface area contributed by atoms with Crippen LogP contribution in [0.25, 0.3) is 0 Å². The molecule has 0 heterocycles. The quantitative estimate of drug-likeness (QED) is 0.562.